The largest absolute Gasteiger partial charge is 0.485 e. The van der Waals surface area contributed by atoms with Crippen molar-refractivity contribution in [3.05, 3.63) is 36.0 Å². The van der Waals surface area contributed by atoms with Gasteiger partial charge in [-0.3, -0.25) is 4.79 Å². The van der Waals surface area contributed by atoms with Crippen LogP contribution >= 0.6 is 0 Å². The van der Waals surface area contributed by atoms with Crippen LogP contribution in [0.15, 0.2) is 28.8 Å². The summed E-state index contributed by atoms with van der Waals surface area (Å²) in [6.07, 6.45) is 2.61. The Bertz CT molecular complexity index is 755. The number of aliphatic carboxylic acids is 1. The average Bonchev–Trinajstić information content (AvgIpc) is 3.36. The lowest BCUT2D eigenvalue weighted by atomic mass is 10.3. The Hall–Kier alpha value is -3.10. The summed E-state index contributed by atoms with van der Waals surface area (Å²) in [7, 11) is 0. The maximum absolute atomic E-state index is 11.7. The number of anilines is 1. The lowest BCUT2D eigenvalue weighted by Crippen LogP contribution is -2.29. The molecule has 0 saturated heterocycles. The number of benzene rings is 1. The summed E-state index contributed by atoms with van der Waals surface area (Å²) in [5.41, 5.74) is 0.601. The van der Waals surface area contributed by atoms with Crippen molar-refractivity contribution in [3.8, 4) is 5.75 Å². The number of carboxylic acids is 1. The topological polar surface area (TPSA) is 127 Å². The van der Waals surface area contributed by atoms with Gasteiger partial charge in [0.25, 0.3) is 0 Å². The molecule has 9 heteroatoms. The van der Waals surface area contributed by atoms with Crippen LogP contribution in [0.1, 0.15) is 43.3 Å². The van der Waals surface area contributed by atoms with Gasteiger partial charge >= 0.3 is 12.0 Å². The van der Waals surface area contributed by atoms with E-state index in [2.05, 4.69) is 20.8 Å². The molecule has 0 aliphatic heterocycles. The van der Waals surface area contributed by atoms with Crippen LogP contribution in [0.4, 0.5) is 10.5 Å². The maximum Gasteiger partial charge on any atom is 0.319 e. The van der Waals surface area contributed by atoms with Crippen molar-refractivity contribution < 1.29 is 24.0 Å². The first-order chi connectivity index (χ1) is 12.6. The maximum atomic E-state index is 11.7. The molecule has 3 rings (SSSR count). The van der Waals surface area contributed by atoms with Gasteiger partial charge in [-0.1, -0.05) is 5.16 Å². The molecule has 2 aromatic rings. The Labute approximate surface area is 149 Å². The zero-order valence-corrected chi connectivity index (χ0v) is 14.1. The van der Waals surface area contributed by atoms with E-state index < -0.39 is 5.97 Å². The lowest BCUT2D eigenvalue weighted by molar-refractivity contribution is -0.137. The number of urea groups is 1. The summed E-state index contributed by atoms with van der Waals surface area (Å²) < 4.78 is 10.8. The van der Waals surface area contributed by atoms with Crippen LogP contribution in [0.5, 0.6) is 5.75 Å². The van der Waals surface area contributed by atoms with Gasteiger partial charge in [-0.05, 0) is 43.5 Å². The highest BCUT2D eigenvalue weighted by Gasteiger charge is 2.29. The summed E-state index contributed by atoms with van der Waals surface area (Å²) in [6, 6.07) is 6.48. The Kier molecular flexibility index (Phi) is 5.67. The van der Waals surface area contributed by atoms with Crippen molar-refractivity contribution in [1.82, 2.24) is 15.5 Å². The van der Waals surface area contributed by atoms with Crippen LogP contribution in [-0.4, -0.2) is 33.8 Å². The quantitative estimate of drug-likeness (QED) is 0.586. The van der Waals surface area contributed by atoms with Crippen LogP contribution in [0.25, 0.3) is 0 Å². The number of nitrogens with zero attached hydrogens (tertiary/aromatic N) is 2. The van der Waals surface area contributed by atoms with Gasteiger partial charge in [0.05, 0.1) is 0 Å². The van der Waals surface area contributed by atoms with E-state index >= 15 is 0 Å². The van der Waals surface area contributed by atoms with Crippen molar-refractivity contribution in [2.45, 2.75) is 38.2 Å². The summed E-state index contributed by atoms with van der Waals surface area (Å²) in [5, 5.41) is 17.7. The van der Waals surface area contributed by atoms with E-state index in [1.807, 2.05) is 0 Å². The fourth-order valence-corrected chi connectivity index (χ4v) is 2.22. The van der Waals surface area contributed by atoms with Crippen LogP contribution in [0, 0.1) is 0 Å². The molecule has 9 nitrogen and oxygen atoms in total. The molecule has 0 unspecified atom stereocenters. The van der Waals surface area contributed by atoms with Crippen LogP contribution < -0.4 is 15.4 Å². The smallest absolute Gasteiger partial charge is 0.319 e. The fourth-order valence-electron chi connectivity index (χ4n) is 2.22. The number of rotatable bonds is 9. The number of aromatic nitrogens is 2. The molecule has 1 saturated carbocycles. The molecule has 0 radical (unpaired) electrons. The first kappa shape index (κ1) is 17.7. The average molecular weight is 360 g/mol. The summed E-state index contributed by atoms with van der Waals surface area (Å²) >= 11 is 0. The first-order valence-corrected chi connectivity index (χ1v) is 8.42. The van der Waals surface area contributed by atoms with E-state index in [0.717, 1.165) is 12.8 Å². The van der Waals surface area contributed by atoms with Gasteiger partial charge in [0.2, 0.25) is 11.7 Å². The van der Waals surface area contributed by atoms with Crippen LogP contribution in [0.2, 0.25) is 0 Å². The third-order valence-corrected chi connectivity index (χ3v) is 3.74. The molecule has 3 N–H and O–H groups in total. The van der Waals surface area contributed by atoms with Gasteiger partial charge in [0.15, 0.2) is 6.61 Å². The Morgan fingerprint density at radius 1 is 1.27 bits per heavy atom. The molecule has 138 valence electrons. The van der Waals surface area contributed by atoms with Gasteiger partial charge in [-0.15, -0.1) is 0 Å². The zero-order chi connectivity index (χ0) is 18.4. The molecule has 1 aliphatic rings. The number of carbonyl (C=O) groups excluding carboxylic acids is 1. The molecule has 1 fully saturated rings. The molecule has 0 bridgehead atoms. The standard InChI is InChI=1S/C17H20N4O5/c22-15(23)2-1-9-18-17(24)19-12-5-7-13(8-6-12)25-10-14-20-16(26-21-14)11-3-4-11/h5-8,11H,1-4,9-10H2,(H,22,23)(H2,18,19,24). The molecule has 26 heavy (non-hydrogen) atoms. The minimum Gasteiger partial charge on any atom is -0.485 e. The second-order valence-electron chi connectivity index (χ2n) is 6.01. The molecule has 2 amide bonds. The first-order valence-electron chi connectivity index (χ1n) is 8.42. The number of carbonyl (C=O) groups is 2. The molecular formula is C17H20N4O5. The summed E-state index contributed by atoms with van der Waals surface area (Å²) in [6.45, 7) is 0.514. The summed E-state index contributed by atoms with van der Waals surface area (Å²) in [5.74, 6) is 1.34. The molecular weight excluding hydrogens is 340 g/mol. The van der Waals surface area contributed by atoms with E-state index in [1.165, 1.54) is 0 Å². The molecule has 1 heterocycles. The number of hydrogen-bond donors (Lipinski definition) is 3. The number of carboxylic acid groups (broad SMARTS) is 1. The third kappa shape index (κ3) is 5.47. The van der Waals surface area contributed by atoms with Crippen molar-refractivity contribution in [2.75, 3.05) is 11.9 Å². The monoisotopic (exact) mass is 360 g/mol. The number of nitrogens with one attached hydrogen (secondary N) is 2. The van der Waals surface area contributed by atoms with Crippen molar-refractivity contribution in [2.24, 2.45) is 0 Å². The van der Waals surface area contributed by atoms with Gasteiger partial charge in [-0.25, -0.2) is 4.79 Å². The third-order valence-electron chi connectivity index (χ3n) is 3.74. The Balaban J connectivity index is 1.39. The predicted octanol–water partition coefficient (Wildman–Crippen LogP) is 2.51. The van der Waals surface area contributed by atoms with E-state index in [4.69, 9.17) is 14.4 Å². The predicted molar refractivity (Wildman–Crippen MR) is 90.9 cm³/mol. The normalized spacial score (nSPS) is 13.2. The molecule has 1 aliphatic carbocycles. The fraction of sp³-hybridized carbons (Fsp3) is 0.412. The van der Waals surface area contributed by atoms with Gasteiger partial charge < -0.3 is 25.0 Å². The van der Waals surface area contributed by atoms with Gasteiger partial charge in [0, 0.05) is 24.6 Å². The van der Waals surface area contributed by atoms with E-state index in [1.54, 1.807) is 24.3 Å². The minimum atomic E-state index is -0.882. The van der Waals surface area contributed by atoms with Crippen molar-refractivity contribution in [3.63, 3.8) is 0 Å². The van der Waals surface area contributed by atoms with Crippen molar-refractivity contribution >= 4 is 17.7 Å². The second-order valence-corrected chi connectivity index (χ2v) is 6.01. The van der Waals surface area contributed by atoms with E-state index in [-0.39, 0.29) is 19.1 Å². The van der Waals surface area contributed by atoms with Crippen LogP contribution in [-0.2, 0) is 11.4 Å². The minimum absolute atomic E-state index is 0.0227. The number of hydrogen-bond acceptors (Lipinski definition) is 6. The lowest BCUT2D eigenvalue weighted by Gasteiger charge is -2.08. The highest BCUT2D eigenvalue weighted by atomic mass is 16.5. The Morgan fingerprint density at radius 3 is 2.73 bits per heavy atom. The van der Waals surface area contributed by atoms with E-state index in [9.17, 15) is 9.59 Å². The summed E-state index contributed by atoms with van der Waals surface area (Å²) in [4.78, 5) is 26.4. The molecule has 1 aromatic carbocycles. The van der Waals surface area contributed by atoms with E-state index in [0.29, 0.717) is 42.0 Å². The van der Waals surface area contributed by atoms with Crippen LogP contribution in [0.3, 0.4) is 0 Å². The second kappa shape index (κ2) is 8.32. The van der Waals surface area contributed by atoms with Gasteiger partial charge in [0.1, 0.15) is 5.75 Å². The van der Waals surface area contributed by atoms with Gasteiger partial charge in [-0.2, -0.15) is 4.98 Å². The number of ether oxygens (including phenoxy) is 1. The molecule has 0 spiro atoms. The number of amides is 2. The highest BCUT2D eigenvalue weighted by Crippen LogP contribution is 2.38. The zero-order valence-electron chi connectivity index (χ0n) is 14.1. The van der Waals surface area contributed by atoms with Crippen molar-refractivity contribution in [1.29, 1.82) is 0 Å². The highest BCUT2D eigenvalue weighted by molar-refractivity contribution is 5.89. The Morgan fingerprint density at radius 2 is 2.04 bits per heavy atom. The SMILES string of the molecule is O=C(O)CCCNC(=O)Nc1ccc(OCc2noc(C3CC3)n2)cc1. The molecule has 0 atom stereocenters. The molecule has 1 aromatic heterocycles.